The molecule has 0 spiro atoms. The van der Waals surface area contributed by atoms with Crippen LogP contribution in [0, 0.1) is 11.7 Å². The quantitative estimate of drug-likeness (QED) is 0.327. The standard InChI is InChI=1S/C29H28Cl2FNO3/c30-24-7-3-1-5-20(24)28(21-6-2-4-8-25(21)31)33-13-11-18(12-14-33)17-36-27-16-26(32)23(29(34)35)15-22(27)19-9-10-19/h1-8,15-16,18-19,28H,9-14,17H2,(H,34,35). The maximum atomic E-state index is 14.4. The zero-order chi connectivity index (χ0) is 25.2. The van der Waals surface area contributed by atoms with Gasteiger partial charge in [-0.25, -0.2) is 9.18 Å². The fourth-order valence-corrected chi connectivity index (χ4v) is 5.59. The Bertz CT molecular complexity index is 1210. The summed E-state index contributed by atoms with van der Waals surface area (Å²) in [7, 11) is 0. The van der Waals surface area contributed by atoms with E-state index in [0.29, 0.717) is 28.3 Å². The van der Waals surface area contributed by atoms with Crippen LogP contribution in [0.15, 0.2) is 60.7 Å². The first-order chi connectivity index (χ1) is 17.4. The topological polar surface area (TPSA) is 49.8 Å². The monoisotopic (exact) mass is 527 g/mol. The summed E-state index contributed by atoms with van der Waals surface area (Å²) >= 11 is 13.2. The number of carboxylic acids is 1. The molecule has 1 aliphatic heterocycles. The second kappa shape index (κ2) is 10.8. The molecule has 4 nitrogen and oxygen atoms in total. The number of nitrogens with zero attached hydrogens (tertiary/aromatic N) is 1. The van der Waals surface area contributed by atoms with Gasteiger partial charge in [0.25, 0.3) is 0 Å². The van der Waals surface area contributed by atoms with Gasteiger partial charge < -0.3 is 9.84 Å². The van der Waals surface area contributed by atoms with Crippen LogP contribution >= 0.6 is 23.2 Å². The van der Waals surface area contributed by atoms with Gasteiger partial charge in [0.2, 0.25) is 0 Å². The van der Waals surface area contributed by atoms with Crippen molar-refractivity contribution in [1.82, 2.24) is 4.90 Å². The predicted molar refractivity (Wildman–Crippen MR) is 140 cm³/mol. The summed E-state index contributed by atoms with van der Waals surface area (Å²) in [5.41, 5.74) is 2.58. The lowest BCUT2D eigenvalue weighted by Crippen LogP contribution is -2.38. The van der Waals surface area contributed by atoms with E-state index in [1.54, 1.807) is 0 Å². The molecule has 1 aliphatic carbocycles. The number of hydrogen-bond donors (Lipinski definition) is 1. The average molecular weight is 528 g/mol. The SMILES string of the molecule is O=C(O)c1cc(C2CC2)c(OCC2CCN(C(c3ccccc3Cl)c3ccccc3Cl)CC2)cc1F. The lowest BCUT2D eigenvalue weighted by Gasteiger charge is -2.38. The number of carbonyl (C=O) groups is 1. The molecule has 188 valence electrons. The summed E-state index contributed by atoms with van der Waals surface area (Å²) in [4.78, 5) is 13.8. The minimum atomic E-state index is -1.25. The highest BCUT2D eigenvalue weighted by atomic mass is 35.5. The fraction of sp³-hybridized carbons (Fsp3) is 0.345. The van der Waals surface area contributed by atoms with Gasteiger partial charge in [-0.1, -0.05) is 59.6 Å². The van der Waals surface area contributed by atoms with Gasteiger partial charge in [0.1, 0.15) is 11.6 Å². The lowest BCUT2D eigenvalue weighted by atomic mass is 9.91. The van der Waals surface area contributed by atoms with Crippen molar-refractivity contribution in [3.8, 4) is 5.75 Å². The highest BCUT2D eigenvalue weighted by molar-refractivity contribution is 6.32. The molecule has 7 heteroatoms. The molecule has 0 aromatic heterocycles. The molecule has 3 aromatic rings. The number of piperidine rings is 1. The number of likely N-dealkylation sites (tertiary alicyclic amines) is 1. The van der Waals surface area contributed by atoms with Crippen LogP contribution in [0.4, 0.5) is 4.39 Å². The molecule has 2 fully saturated rings. The Kier molecular flexibility index (Phi) is 7.52. The molecule has 1 heterocycles. The van der Waals surface area contributed by atoms with Crippen molar-refractivity contribution in [3.63, 3.8) is 0 Å². The fourth-order valence-electron chi connectivity index (χ4n) is 5.11. The third kappa shape index (κ3) is 5.39. The number of carboxylic acid groups (broad SMARTS) is 1. The van der Waals surface area contributed by atoms with Crippen LogP contribution in [0.5, 0.6) is 5.75 Å². The third-order valence-corrected chi connectivity index (χ3v) is 7.92. The zero-order valence-corrected chi connectivity index (χ0v) is 21.3. The van der Waals surface area contributed by atoms with Crippen molar-refractivity contribution >= 4 is 29.2 Å². The highest BCUT2D eigenvalue weighted by Gasteiger charge is 2.32. The predicted octanol–water partition coefficient (Wildman–Crippen LogP) is 7.59. The number of halogens is 3. The zero-order valence-electron chi connectivity index (χ0n) is 19.8. The Hall–Kier alpha value is -2.60. The van der Waals surface area contributed by atoms with Crippen LogP contribution in [-0.2, 0) is 0 Å². The van der Waals surface area contributed by atoms with Crippen molar-refractivity contribution in [2.45, 2.75) is 37.6 Å². The average Bonchev–Trinajstić information content (AvgIpc) is 3.71. The van der Waals surface area contributed by atoms with Crippen molar-refractivity contribution in [3.05, 3.63) is 98.8 Å². The molecular weight excluding hydrogens is 500 g/mol. The van der Waals surface area contributed by atoms with Gasteiger partial charge in [-0.2, -0.15) is 0 Å². The second-order valence-electron chi connectivity index (χ2n) is 9.69. The van der Waals surface area contributed by atoms with E-state index in [1.165, 1.54) is 12.1 Å². The minimum Gasteiger partial charge on any atom is -0.493 e. The Morgan fingerprint density at radius 2 is 1.56 bits per heavy atom. The first kappa shape index (κ1) is 25.1. The largest absolute Gasteiger partial charge is 0.493 e. The van der Waals surface area contributed by atoms with E-state index in [-0.39, 0.29) is 17.5 Å². The van der Waals surface area contributed by atoms with E-state index >= 15 is 0 Å². The van der Waals surface area contributed by atoms with Crippen LogP contribution in [0.3, 0.4) is 0 Å². The van der Waals surface area contributed by atoms with Crippen LogP contribution in [0.2, 0.25) is 10.0 Å². The summed E-state index contributed by atoms with van der Waals surface area (Å²) in [6.45, 7) is 2.16. The number of aromatic carboxylic acids is 1. The Morgan fingerprint density at radius 3 is 2.08 bits per heavy atom. The van der Waals surface area contributed by atoms with Gasteiger partial charge in [-0.05, 0) is 85.5 Å². The molecule has 0 atom stereocenters. The van der Waals surface area contributed by atoms with Gasteiger partial charge >= 0.3 is 5.97 Å². The molecule has 5 rings (SSSR count). The molecule has 1 N–H and O–H groups in total. The maximum absolute atomic E-state index is 14.4. The van der Waals surface area contributed by atoms with Gasteiger partial charge in [-0.3, -0.25) is 4.90 Å². The first-order valence-electron chi connectivity index (χ1n) is 12.3. The molecule has 0 amide bonds. The molecule has 36 heavy (non-hydrogen) atoms. The maximum Gasteiger partial charge on any atom is 0.338 e. The van der Waals surface area contributed by atoms with Crippen LogP contribution in [-0.4, -0.2) is 35.7 Å². The van der Waals surface area contributed by atoms with E-state index < -0.39 is 11.8 Å². The molecule has 0 radical (unpaired) electrons. The van der Waals surface area contributed by atoms with E-state index in [9.17, 15) is 14.3 Å². The molecule has 1 saturated heterocycles. The van der Waals surface area contributed by atoms with Crippen molar-refractivity contribution in [2.75, 3.05) is 19.7 Å². The third-order valence-electron chi connectivity index (χ3n) is 7.24. The first-order valence-corrected chi connectivity index (χ1v) is 13.1. The number of ether oxygens (including phenoxy) is 1. The second-order valence-corrected chi connectivity index (χ2v) is 10.5. The number of rotatable bonds is 8. The normalized spacial score (nSPS) is 16.9. The van der Waals surface area contributed by atoms with Crippen LogP contribution < -0.4 is 4.74 Å². The van der Waals surface area contributed by atoms with Gasteiger partial charge in [0.05, 0.1) is 18.2 Å². The summed E-state index contributed by atoms with van der Waals surface area (Å²) < 4.78 is 20.5. The smallest absolute Gasteiger partial charge is 0.338 e. The summed E-state index contributed by atoms with van der Waals surface area (Å²) in [5, 5.41) is 10.7. The molecule has 3 aromatic carbocycles. The molecule has 1 saturated carbocycles. The van der Waals surface area contributed by atoms with E-state index in [2.05, 4.69) is 17.0 Å². The van der Waals surface area contributed by atoms with E-state index in [1.807, 2.05) is 36.4 Å². The summed E-state index contributed by atoms with van der Waals surface area (Å²) in [6.07, 6.45) is 3.79. The Balaban J connectivity index is 1.29. The number of benzene rings is 3. The lowest BCUT2D eigenvalue weighted by molar-refractivity contribution is 0.0691. The van der Waals surface area contributed by atoms with Crippen molar-refractivity contribution < 1.29 is 19.0 Å². The number of hydrogen-bond acceptors (Lipinski definition) is 3. The van der Waals surface area contributed by atoms with Gasteiger partial charge in [0, 0.05) is 16.1 Å². The molecule has 0 bridgehead atoms. The molecular formula is C29H28Cl2FNO3. The van der Waals surface area contributed by atoms with Gasteiger partial charge in [0.15, 0.2) is 0 Å². The summed E-state index contributed by atoms with van der Waals surface area (Å²) in [6, 6.07) is 18.4. The summed E-state index contributed by atoms with van der Waals surface area (Å²) in [5.74, 6) is -0.951. The molecule has 2 aliphatic rings. The molecule has 0 unspecified atom stereocenters. The van der Waals surface area contributed by atoms with Crippen LogP contribution in [0.1, 0.15) is 64.7 Å². The van der Waals surface area contributed by atoms with E-state index in [4.69, 9.17) is 27.9 Å². The Morgan fingerprint density at radius 1 is 0.972 bits per heavy atom. The minimum absolute atomic E-state index is 0.0478. The van der Waals surface area contributed by atoms with Crippen LogP contribution in [0.25, 0.3) is 0 Å². The van der Waals surface area contributed by atoms with Crippen molar-refractivity contribution in [1.29, 1.82) is 0 Å². The highest BCUT2D eigenvalue weighted by Crippen LogP contribution is 2.45. The van der Waals surface area contributed by atoms with E-state index in [0.717, 1.165) is 55.5 Å². The Labute approximate surface area is 220 Å². The van der Waals surface area contributed by atoms with Crippen molar-refractivity contribution in [2.24, 2.45) is 5.92 Å². The van der Waals surface area contributed by atoms with Gasteiger partial charge in [-0.15, -0.1) is 0 Å².